The lowest BCUT2D eigenvalue weighted by Gasteiger charge is -2.16. The van der Waals surface area contributed by atoms with Crippen molar-refractivity contribution >= 4 is 17.7 Å². The lowest BCUT2D eigenvalue weighted by Crippen LogP contribution is -2.34. The van der Waals surface area contributed by atoms with Gasteiger partial charge in [0.15, 0.2) is 5.84 Å². The van der Waals surface area contributed by atoms with E-state index in [4.69, 9.17) is 15.2 Å². The summed E-state index contributed by atoms with van der Waals surface area (Å²) in [7, 11) is 1.61. The Kier molecular flexibility index (Phi) is 3.12. The summed E-state index contributed by atoms with van der Waals surface area (Å²) in [5.74, 6) is 1.56. The monoisotopic (exact) mass is 272 g/mol. The van der Waals surface area contributed by atoms with Crippen molar-refractivity contribution < 1.29 is 9.47 Å². The Balaban J connectivity index is 1.77. The van der Waals surface area contributed by atoms with Crippen LogP contribution < -0.4 is 10.5 Å². The Hall–Kier alpha value is -2.77. The third-order valence-electron chi connectivity index (χ3n) is 2.81. The molecule has 0 saturated carbocycles. The van der Waals surface area contributed by atoms with E-state index in [9.17, 15) is 0 Å². The standard InChI is InChI=1S/C12H12N6O2/c1-19-8-5-3-2-4-7(8)6-20-11-9-10(17-18-16-9)14-12(13)15-11/h2-5,9H,6H2,1H3,(H2,13,14,16,17). The highest BCUT2D eigenvalue weighted by molar-refractivity contribution is 6.17. The largest absolute Gasteiger partial charge is 0.496 e. The summed E-state index contributed by atoms with van der Waals surface area (Å²) >= 11 is 0. The third kappa shape index (κ3) is 2.22. The van der Waals surface area contributed by atoms with Gasteiger partial charge in [0.2, 0.25) is 17.9 Å². The molecule has 1 aromatic rings. The van der Waals surface area contributed by atoms with Gasteiger partial charge in [0.25, 0.3) is 0 Å². The predicted octanol–water partition coefficient (Wildman–Crippen LogP) is 1.09. The minimum atomic E-state index is -0.503. The zero-order valence-electron chi connectivity index (χ0n) is 10.7. The first-order valence-corrected chi connectivity index (χ1v) is 5.93. The van der Waals surface area contributed by atoms with Gasteiger partial charge in [-0.25, -0.2) is 0 Å². The molecule has 20 heavy (non-hydrogen) atoms. The van der Waals surface area contributed by atoms with Gasteiger partial charge in [0.1, 0.15) is 12.4 Å². The molecule has 0 fully saturated rings. The maximum atomic E-state index is 5.67. The molecule has 0 radical (unpaired) electrons. The van der Waals surface area contributed by atoms with E-state index in [0.717, 1.165) is 11.3 Å². The number of hydrogen-bond acceptors (Lipinski definition) is 8. The first kappa shape index (κ1) is 12.3. The first-order chi connectivity index (χ1) is 9.78. The molecule has 8 heteroatoms. The fourth-order valence-corrected chi connectivity index (χ4v) is 1.87. The Morgan fingerprint density at radius 3 is 2.95 bits per heavy atom. The highest BCUT2D eigenvalue weighted by atomic mass is 16.5. The summed E-state index contributed by atoms with van der Waals surface area (Å²) in [6.07, 6.45) is 0. The van der Waals surface area contributed by atoms with Crippen molar-refractivity contribution in [3.8, 4) is 5.75 Å². The molecule has 0 amide bonds. The van der Waals surface area contributed by atoms with Crippen LogP contribution in [0.1, 0.15) is 5.56 Å². The van der Waals surface area contributed by atoms with E-state index >= 15 is 0 Å². The molecule has 1 aromatic carbocycles. The first-order valence-electron chi connectivity index (χ1n) is 5.93. The number of guanidine groups is 1. The van der Waals surface area contributed by atoms with E-state index in [1.807, 2.05) is 24.3 Å². The molecule has 0 aromatic heterocycles. The highest BCUT2D eigenvalue weighted by Gasteiger charge is 2.31. The molecule has 2 N–H and O–H groups in total. The van der Waals surface area contributed by atoms with Crippen molar-refractivity contribution in [2.75, 3.05) is 7.11 Å². The molecule has 102 valence electrons. The van der Waals surface area contributed by atoms with Gasteiger partial charge in [0, 0.05) is 5.56 Å². The van der Waals surface area contributed by atoms with Crippen molar-refractivity contribution in [3.05, 3.63) is 29.8 Å². The zero-order chi connectivity index (χ0) is 13.9. The highest BCUT2D eigenvalue weighted by Crippen LogP contribution is 2.20. The Bertz CT molecular complexity index is 649. The number of nitrogens with zero attached hydrogens (tertiary/aromatic N) is 5. The second-order valence-corrected chi connectivity index (χ2v) is 4.09. The van der Waals surface area contributed by atoms with Crippen LogP contribution >= 0.6 is 0 Å². The maximum Gasteiger partial charge on any atom is 0.227 e. The molecule has 0 bridgehead atoms. The number of benzene rings is 1. The van der Waals surface area contributed by atoms with Crippen LogP contribution in [0, 0.1) is 0 Å². The summed E-state index contributed by atoms with van der Waals surface area (Å²) in [6, 6.07) is 7.06. The number of nitrogens with two attached hydrogens (primary N) is 1. The molecular weight excluding hydrogens is 260 g/mol. The van der Waals surface area contributed by atoms with Crippen molar-refractivity contribution in [2.45, 2.75) is 12.6 Å². The predicted molar refractivity (Wildman–Crippen MR) is 72.9 cm³/mol. The van der Waals surface area contributed by atoms with Crippen molar-refractivity contribution in [3.63, 3.8) is 0 Å². The van der Waals surface area contributed by atoms with Gasteiger partial charge in [-0.05, 0) is 11.3 Å². The van der Waals surface area contributed by atoms with Crippen molar-refractivity contribution in [2.24, 2.45) is 31.2 Å². The average Bonchev–Trinajstić information content (AvgIpc) is 2.93. The molecule has 2 aliphatic heterocycles. The van der Waals surface area contributed by atoms with Crippen LogP contribution in [0.2, 0.25) is 0 Å². The van der Waals surface area contributed by atoms with Gasteiger partial charge in [-0.15, -0.1) is 10.2 Å². The topological polar surface area (TPSA) is 106 Å². The molecule has 0 saturated heterocycles. The zero-order valence-corrected chi connectivity index (χ0v) is 10.7. The normalized spacial score (nSPS) is 19.9. The third-order valence-corrected chi connectivity index (χ3v) is 2.81. The van der Waals surface area contributed by atoms with Gasteiger partial charge < -0.3 is 15.2 Å². The summed E-state index contributed by atoms with van der Waals surface area (Å²) < 4.78 is 10.9. The molecular formula is C12H12N6O2. The molecule has 2 heterocycles. The number of ether oxygens (including phenoxy) is 2. The Labute approximate surface area is 114 Å². The number of amidine groups is 1. The maximum absolute atomic E-state index is 5.67. The van der Waals surface area contributed by atoms with E-state index in [1.54, 1.807) is 7.11 Å². The van der Waals surface area contributed by atoms with E-state index in [1.165, 1.54) is 0 Å². The minimum absolute atomic E-state index is 0.0855. The van der Waals surface area contributed by atoms with E-state index in [2.05, 4.69) is 25.4 Å². The van der Waals surface area contributed by atoms with E-state index < -0.39 is 6.04 Å². The molecule has 0 aliphatic carbocycles. The number of rotatable bonds is 3. The molecule has 1 unspecified atom stereocenters. The van der Waals surface area contributed by atoms with Crippen LogP contribution in [0.3, 0.4) is 0 Å². The Morgan fingerprint density at radius 2 is 2.10 bits per heavy atom. The molecule has 8 nitrogen and oxygen atoms in total. The number of para-hydroxylation sites is 1. The number of aliphatic imine (C=N–C) groups is 2. The van der Waals surface area contributed by atoms with Gasteiger partial charge in [-0.2, -0.15) is 9.98 Å². The fraction of sp³-hybridized carbons (Fsp3) is 0.250. The van der Waals surface area contributed by atoms with Crippen LogP contribution in [-0.2, 0) is 11.3 Å². The number of hydrogen-bond donors (Lipinski definition) is 1. The van der Waals surface area contributed by atoms with E-state index in [0.29, 0.717) is 11.7 Å². The van der Waals surface area contributed by atoms with Crippen molar-refractivity contribution in [1.82, 2.24) is 0 Å². The van der Waals surface area contributed by atoms with Crippen LogP contribution in [0.15, 0.2) is 49.7 Å². The van der Waals surface area contributed by atoms with Crippen LogP contribution in [0.25, 0.3) is 0 Å². The average molecular weight is 272 g/mol. The van der Waals surface area contributed by atoms with Gasteiger partial charge in [-0.1, -0.05) is 18.2 Å². The number of fused-ring (bicyclic) bond motifs is 1. The van der Waals surface area contributed by atoms with Gasteiger partial charge >= 0.3 is 0 Å². The molecule has 2 aliphatic rings. The van der Waals surface area contributed by atoms with Gasteiger partial charge in [-0.3, -0.25) is 0 Å². The second kappa shape index (κ2) is 5.08. The number of methoxy groups -OCH3 is 1. The summed E-state index contributed by atoms with van der Waals surface area (Å²) in [5, 5.41) is 11.2. The fourth-order valence-electron chi connectivity index (χ4n) is 1.87. The van der Waals surface area contributed by atoms with Gasteiger partial charge in [0.05, 0.1) is 7.11 Å². The quantitative estimate of drug-likeness (QED) is 0.889. The summed E-state index contributed by atoms with van der Waals surface area (Å²) in [6.45, 7) is 0.287. The molecule has 1 atom stereocenters. The smallest absolute Gasteiger partial charge is 0.227 e. The molecule has 0 spiro atoms. The minimum Gasteiger partial charge on any atom is -0.496 e. The lowest BCUT2D eigenvalue weighted by molar-refractivity contribution is 0.276. The van der Waals surface area contributed by atoms with Crippen LogP contribution in [0.5, 0.6) is 5.75 Å². The Morgan fingerprint density at radius 1 is 1.25 bits per heavy atom. The summed E-state index contributed by atoms with van der Waals surface area (Å²) in [4.78, 5) is 7.99. The van der Waals surface area contributed by atoms with Crippen LogP contribution in [0.4, 0.5) is 0 Å². The van der Waals surface area contributed by atoms with Crippen LogP contribution in [-0.4, -0.2) is 30.8 Å². The second-order valence-electron chi connectivity index (χ2n) is 4.09. The van der Waals surface area contributed by atoms with E-state index in [-0.39, 0.29) is 12.6 Å². The summed E-state index contributed by atoms with van der Waals surface area (Å²) in [5.41, 5.74) is 6.50. The lowest BCUT2D eigenvalue weighted by atomic mass is 10.2. The molecule has 3 rings (SSSR count). The van der Waals surface area contributed by atoms with Crippen molar-refractivity contribution in [1.29, 1.82) is 0 Å². The SMILES string of the molecule is COc1ccccc1COC1=NC(N)=NC2=NN=NC21.